The molecule has 8 heteroatoms. The third-order valence-electron chi connectivity index (χ3n) is 3.29. The van der Waals surface area contributed by atoms with Gasteiger partial charge in [-0.25, -0.2) is 0 Å². The Bertz CT molecular complexity index is 697. The first-order valence-corrected chi connectivity index (χ1v) is 7.25. The molecule has 0 aromatic carbocycles. The topological polar surface area (TPSA) is 99.8 Å². The predicted octanol–water partition coefficient (Wildman–Crippen LogP) is 1.70. The number of rotatable bonds is 5. The number of H-pyrrole nitrogens is 1. The number of nitrogens with zero attached hydrogens (tertiary/aromatic N) is 2. The molecule has 3 N–H and O–H groups in total. The lowest BCUT2D eigenvalue weighted by atomic mass is 10.2. The molecule has 0 radical (unpaired) electrons. The zero-order valence-corrected chi connectivity index (χ0v) is 12.4. The minimum absolute atomic E-state index is 0.123. The monoisotopic (exact) mass is 319 g/mol. The Kier molecular flexibility index (Phi) is 4.06. The highest BCUT2D eigenvalue weighted by Crippen LogP contribution is 2.42. The molecule has 0 atom stereocenters. The smallest absolute Gasteiger partial charge is 0.273 e. The fraction of sp³-hybridized carbons (Fsp3) is 0.286. The van der Waals surface area contributed by atoms with Gasteiger partial charge in [0.05, 0.1) is 29.1 Å². The van der Waals surface area contributed by atoms with Crippen LogP contribution in [0.25, 0.3) is 0 Å². The summed E-state index contributed by atoms with van der Waals surface area (Å²) in [6.45, 7) is -0.171. The van der Waals surface area contributed by atoms with E-state index in [0.29, 0.717) is 16.6 Å². The zero-order valence-electron chi connectivity index (χ0n) is 11.6. The van der Waals surface area contributed by atoms with Gasteiger partial charge >= 0.3 is 0 Å². The minimum Gasteiger partial charge on any atom is -0.342 e. The van der Waals surface area contributed by atoms with Crippen LogP contribution in [0.3, 0.4) is 0 Å². The molecule has 3 rings (SSSR count). The maximum Gasteiger partial charge on any atom is 0.273 e. The van der Waals surface area contributed by atoms with E-state index in [2.05, 4.69) is 25.8 Å². The molecule has 2 heterocycles. The van der Waals surface area contributed by atoms with E-state index in [1.807, 2.05) is 0 Å². The van der Waals surface area contributed by atoms with Crippen molar-refractivity contribution in [2.75, 3.05) is 11.9 Å². The minimum atomic E-state index is -0.477. The zero-order chi connectivity index (χ0) is 15.5. The lowest BCUT2D eigenvalue weighted by Crippen LogP contribution is -2.33. The number of anilines is 1. The van der Waals surface area contributed by atoms with Gasteiger partial charge in [-0.2, -0.15) is 5.10 Å². The van der Waals surface area contributed by atoms with Gasteiger partial charge in [-0.15, -0.1) is 0 Å². The maximum atomic E-state index is 12.0. The number of hydrogen-bond acceptors (Lipinski definition) is 4. The Morgan fingerprint density at radius 3 is 2.91 bits per heavy atom. The van der Waals surface area contributed by atoms with Crippen LogP contribution in [0.5, 0.6) is 0 Å². The van der Waals surface area contributed by atoms with Gasteiger partial charge < -0.3 is 10.6 Å². The molecule has 2 aromatic rings. The largest absolute Gasteiger partial charge is 0.342 e. The van der Waals surface area contributed by atoms with Crippen LogP contribution in [0.4, 0.5) is 5.69 Å². The number of carbonyl (C=O) groups is 2. The fourth-order valence-corrected chi connectivity index (χ4v) is 2.35. The summed E-state index contributed by atoms with van der Waals surface area (Å²) in [6, 6.07) is 3.41. The van der Waals surface area contributed by atoms with E-state index in [4.69, 9.17) is 11.6 Å². The summed E-state index contributed by atoms with van der Waals surface area (Å²) in [4.78, 5) is 27.6. The molecule has 22 heavy (non-hydrogen) atoms. The summed E-state index contributed by atoms with van der Waals surface area (Å²) in [5.74, 6) is -0.458. The summed E-state index contributed by atoms with van der Waals surface area (Å²) < 4.78 is 0. The van der Waals surface area contributed by atoms with Crippen LogP contribution in [-0.2, 0) is 4.79 Å². The first-order chi connectivity index (χ1) is 10.6. The van der Waals surface area contributed by atoms with Gasteiger partial charge in [-0.05, 0) is 25.0 Å². The third-order valence-corrected chi connectivity index (χ3v) is 3.67. The van der Waals surface area contributed by atoms with Gasteiger partial charge in [0.2, 0.25) is 5.91 Å². The molecule has 1 saturated carbocycles. The summed E-state index contributed by atoms with van der Waals surface area (Å²) in [6.07, 6.45) is 5.23. The molecule has 1 fully saturated rings. The van der Waals surface area contributed by atoms with Crippen LogP contribution in [0.1, 0.15) is 34.9 Å². The molecule has 0 aliphatic heterocycles. The Morgan fingerprint density at radius 2 is 2.23 bits per heavy atom. The Labute approximate surface area is 131 Å². The number of amides is 2. The molecule has 7 nitrogen and oxygen atoms in total. The lowest BCUT2D eigenvalue weighted by Gasteiger charge is -2.05. The van der Waals surface area contributed by atoms with Crippen molar-refractivity contribution in [1.82, 2.24) is 20.5 Å². The number of carbonyl (C=O) groups excluding carboxylic acids is 2. The molecular weight excluding hydrogens is 306 g/mol. The molecule has 0 spiro atoms. The average Bonchev–Trinajstić information content (AvgIpc) is 3.29. The fourth-order valence-electron chi connectivity index (χ4n) is 2.02. The number of halogens is 1. The van der Waals surface area contributed by atoms with Crippen LogP contribution < -0.4 is 10.6 Å². The third kappa shape index (κ3) is 3.25. The van der Waals surface area contributed by atoms with Crippen LogP contribution in [0.15, 0.2) is 24.5 Å². The van der Waals surface area contributed by atoms with Crippen molar-refractivity contribution >= 4 is 29.1 Å². The van der Waals surface area contributed by atoms with Crippen LogP contribution in [0, 0.1) is 0 Å². The van der Waals surface area contributed by atoms with Gasteiger partial charge in [0.15, 0.2) is 5.69 Å². The van der Waals surface area contributed by atoms with E-state index in [0.717, 1.165) is 18.5 Å². The average molecular weight is 320 g/mol. The van der Waals surface area contributed by atoms with Crippen LogP contribution in [-0.4, -0.2) is 33.5 Å². The van der Waals surface area contributed by atoms with Gasteiger partial charge in [-0.3, -0.25) is 19.7 Å². The first kappa shape index (κ1) is 14.5. The molecule has 0 unspecified atom stereocenters. The van der Waals surface area contributed by atoms with Crippen LogP contribution in [0.2, 0.25) is 5.02 Å². The molecule has 2 amide bonds. The molecule has 2 aromatic heterocycles. The summed E-state index contributed by atoms with van der Waals surface area (Å²) in [5, 5.41) is 12.2. The molecule has 1 aliphatic rings. The van der Waals surface area contributed by atoms with Crippen molar-refractivity contribution in [1.29, 1.82) is 0 Å². The second-order valence-corrected chi connectivity index (χ2v) is 5.42. The van der Waals surface area contributed by atoms with Crippen LogP contribution >= 0.6 is 11.6 Å². The summed E-state index contributed by atoms with van der Waals surface area (Å²) in [7, 11) is 0. The van der Waals surface area contributed by atoms with Gasteiger partial charge in [0, 0.05) is 12.1 Å². The lowest BCUT2D eigenvalue weighted by molar-refractivity contribution is -0.115. The summed E-state index contributed by atoms with van der Waals surface area (Å²) in [5.41, 5.74) is 1.49. The Balaban J connectivity index is 1.55. The molecule has 0 saturated heterocycles. The van der Waals surface area contributed by atoms with Crippen molar-refractivity contribution in [2.24, 2.45) is 0 Å². The Morgan fingerprint density at radius 1 is 1.41 bits per heavy atom. The molecule has 114 valence electrons. The highest BCUT2D eigenvalue weighted by Gasteiger charge is 2.30. The van der Waals surface area contributed by atoms with E-state index in [9.17, 15) is 9.59 Å². The normalized spacial score (nSPS) is 13.7. The number of hydrogen-bond donors (Lipinski definition) is 3. The second-order valence-electron chi connectivity index (χ2n) is 5.05. The maximum absolute atomic E-state index is 12.0. The SMILES string of the molecule is O=C(CNC(=O)c1n[nH]c(C2CC2)c1Cl)Nc1cccnc1. The van der Waals surface area contributed by atoms with E-state index in [-0.39, 0.29) is 18.1 Å². The second kappa shape index (κ2) is 6.15. The number of aromatic nitrogens is 3. The molecular formula is C14H14ClN5O2. The Hall–Kier alpha value is -2.41. The van der Waals surface area contributed by atoms with Crippen molar-refractivity contribution in [3.8, 4) is 0 Å². The predicted molar refractivity (Wildman–Crippen MR) is 80.8 cm³/mol. The van der Waals surface area contributed by atoms with E-state index in [1.165, 1.54) is 6.20 Å². The quantitative estimate of drug-likeness (QED) is 0.781. The standard InChI is InChI=1S/C14H14ClN5O2/c15-11-12(8-3-4-8)19-20-13(11)14(22)17-7-10(21)18-9-2-1-5-16-6-9/h1-2,5-6,8H,3-4,7H2,(H,17,22)(H,18,21)(H,19,20). The van der Waals surface area contributed by atoms with Gasteiger partial charge in [0.25, 0.3) is 5.91 Å². The number of pyridine rings is 1. The van der Waals surface area contributed by atoms with Crippen molar-refractivity contribution in [3.05, 3.63) is 40.9 Å². The van der Waals surface area contributed by atoms with E-state index < -0.39 is 5.91 Å². The highest BCUT2D eigenvalue weighted by atomic mass is 35.5. The van der Waals surface area contributed by atoms with Gasteiger partial charge in [0.1, 0.15) is 0 Å². The van der Waals surface area contributed by atoms with Crippen molar-refractivity contribution < 1.29 is 9.59 Å². The van der Waals surface area contributed by atoms with E-state index in [1.54, 1.807) is 18.3 Å². The summed E-state index contributed by atoms with van der Waals surface area (Å²) >= 11 is 6.14. The van der Waals surface area contributed by atoms with Crippen molar-refractivity contribution in [3.63, 3.8) is 0 Å². The number of nitrogens with one attached hydrogen (secondary N) is 3. The highest BCUT2D eigenvalue weighted by molar-refractivity contribution is 6.34. The van der Waals surface area contributed by atoms with Gasteiger partial charge in [-0.1, -0.05) is 11.6 Å². The van der Waals surface area contributed by atoms with Crippen molar-refractivity contribution in [2.45, 2.75) is 18.8 Å². The number of aromatic amines is 1. The molecule has 0 bridgehead atoms. The molecule has 1 aliphatic carbocycles. The first-order valence-electron chi connectivity index (χ1n) is 6.87. The van der Waals surface area contributed by atoms with E-state index >= 15 is 0 Å².